The highest BCUT2D eigenvalue weighted by atomic mass is 19.4. The van der Waals surface area contributed by atoms with Gasteiger partial charge in [-0.15, -0.1) is 0 Å². The van der Waals surface area contributed by atoms with E-state index >= 15 is 0 Å². The van der Waals surface area contributed by atoms with E-state index in [9.17, 15) is 18.0 Å². The maximum atomic E-state index is 12.7. The van der Waals surface area contributed by atoms with Crippen molar-refractivity contribution in [2.75, 3.05) is 0 Å². The van der Waals surface area contributed by atoms with Gasteiger partial charge in [-0.2, -0.15) is 13.2 Å². The zero-order chi connectivity index (χ0) is 21.9. The molecule has 5 nitrogen and oxygen atoms in total. The number of hydrogen-bond acceptors (Lipinski definition) is 4. The maximum absolute atomic E-state index is 12.7. The number of benzene rings is 2. The van der Waals surface area contributed by atoms with Crippen LogP contribution in [0.1, 0.15) is 29.5 Å². The minimum absolute atomic E-state index is 0.102. The average Bonchev–Trinajstić information content (AvgIpc) is 3.07. The topological polar surface area (TPSA) is 72.6 Å². The molecule has 0 fully saturated rings. The molecule has 0 amide bonds. The lowest BCUT2D eigenvalue weighted by Crippen LogP contribution is -2.12. The van der Waals surface area contributed by atoms with Gasteiger partial charge in [0.25, 0.3) is 0 Å². The molecule has 0 spiro atoms. The normalized spacial score (nSPS) is 12.6. The van der Waals surface area contributed by atoms with Crippen LogP contribution in [0.4, 0.5) is 13.2 Å². The van der Waals surface area contributed by atoms with Crippen LogP contribution in [0.25, 0.3) is 11.5 Å². The Morgan fingerprint density at radius 2 is 1.77 bits per heavy atom. The van der Waals surface area contributed by atoms with E-state index in [1.807, 2.05) is 0 Å². The number of carboxylic acids is 1. The van der Waals surface area contributed by atoms with E-state index in [1.165, 1.54) is 12.1 Å². The molecule has 0 aliphatic heterocycles. The first-order chi connectivity index (χ1) is 14.1. The molecular weight excluding hydrogens is 399 g/mol. The summed E-state index contributed by atoms with van der Waals surface area (Å²) in [6.45, 7) is 3.48. The van der Waals surface area contributed by atoms with E-state index < -0.39 is 23.6 Å². The molecule has 3 rings (SSSR count). The number of hydrogen-bond donors (Lipinski definition) is 1. The largest absolute Gasteiger partial charge is 0.486 e. The molecule has 1 unspecified atom stereocenters. The summed E-state index contributed by atoms with van der Waals surface area (Å²) >= 11 is 0. The molecule has 0 bridgehead atoms. The summed E-state index contributed by atoms with van der Waals surface area (Å²) in [6, 6.07) is 11.7. The summed E-state index contributed by atoms with van der Waals surface area (Å²) in [6.07, 6.45) is -3.97. The highest BCUT2D eigenvalue weighted by molar-refractivity contribution is 5.69. The summed E-state index contributed by atoms with van der Waals surface area (Å²) in [5.41, 5.74) is 1.17. The number of carboxylic acid groups (broad SMARTS) is 1. The van der Waals surface area contributed by atoms with Gasteiger partial charge in [0.05, 0.1) is 17.2 Å². The lowest BCUT2D eigenvalue weighted by molar-refractivity contribution is -0.141. The summed E-state index contributed by atoms with van der Waals surface area (Å²) in [5.74, 6) is -0.0582. The molecule has 3 aromatic rings. The molecule has 30 heavy (non-hydrogen) atoms. The summed E-state index contributed by atoms with van der Waals surface area (Å²) < 4.78 is 49.4. The van der Waals surface area contributed by atoms with Crippen LogP contribution in [0.5, 0.6) is 5.75 Å². The van der Waals surface area contributed by atoms with Gasteiger partial charge in [-0.1, -0.05) is 19.1 Å². The third-order valence-corrected chi connectivity index (χ3v) is 4.61. The molecule has 158 valence electrons. The number of ether oxygens (including phenoxy) is 1. The smallest absolute Gasteiger partial charge is 0.416 e. The van der Waals surface area contributed by atoms with Crippen molar-refractivity contribution in [3.8, 4) is 17.2 Å². The van der Waals surface area contributed by atoms with E-state index in [0.717, 1.165) is 17.7 Å². The number of aryl methyl sites for hydroxylation is 1. The Hall–Kier alpha value is -3.29. The van der Waals surface area contributed by atoms with Crippen molar-refractivity contribution >= 4 is 5.97 Å². The Labute approximate surface area is 171 Å². The zero-order valence-electron chi connectivity index (χ0n) is 16.4. The third-order valence-electron chi connectivity index (χ3n) is 4.61. The number of carbonyl (C=O) groups is 1. The fourth-order valence-corrected chi connectivity index (χ4v) is 2.80. The van der Waals surface area contributed by atoms with Gasteiger partial charge >= 0.3 is 12.1 Å². The first kappa shape index (κ1) is 21.4. The summed E-state index contributed by atoms with van der Waals surface area (Å²) in [5, 5.41) is 8.98. The van der Waals surface area contributed by atoms with E-state index in [-0.39, 0.29) is 12.5 Å². The highest BCUT2D eigenvalue weighted by Crippen LogP contribution is 2.31. The van der Waals surface area contributed by atoms with Gasteiger partial charge in [-0.05, 0) is 55.3 Å². The molecule has 0 aliphatic carbocycles. The van der Waals surface area contributed by atoms with Crippen LogP contribution >= 0.6 is 0 Å². The summed E-state index contributed by atoms with van der Waals surface area (Å²) in [7, 11) is 0. The number of nitrogens with zero attached hydrogens (tertiary/aromatic N) is 1. The van der Waals surface area contributed by atoms with Crippen molar-refractivity contribution in [1.82, 2.24) is 4.98 Å². The second-order valence-corrected chi connectivity index (χ2v) is 6.98. The van der Waals surface area contributed by atoms with Crippen LogP contribution in [-0.2, 0) is 24.0 Å². The van der Waals surface area contributed by atoms with Crippen molar-refractivity contribution in [2.24, 2.45) is 5.92 Å². The van der Waals surface area contributed by atoms with Gasteiger partial charge in [-0.25, -0.2) is 4.98 Å². The van der Waals surface area contributed by atoms with Crippen LogP contribution in [0.15, 0.2) is 52.9 Å². The van der Waals surface area contributed by atoms with Crippen molar-refractivity contribution < 1.29 is 32.2 Å². The Bertz CT molecular complexity index is 1010. The number of oxazole rings is 1. The number of alkyl halides is 3. The fraction of sp³-hybridized carbons (Fsp3) is 0.273. The van der Waals surface area contributed by atoms with Crippen molar-refractivity contribution in [3.05, 3.63) is 71.1 Å². The molecule has 1 heterocycles. The SMILES string of the molecule is Cc1nc(-c2ccc(C(F)(F)F)cc2)oc1COc1ccc(CC(C)C(=O)O)cc1. The number of rotatable bonds is 7. The molecule has 1 N–H and O–H groups in total. The number of halogens is 3. The minimum Gasteiger partial charge on any atom is -0.486 e. The molecule has 0 radical (unpaired) electrons. The molecule has 0 aliphatic rings. The maximum Gasteiger partial charge on any atom is 0.416 e. The second-order valence-electron chi connectivity index (χ2n) is 6.98. The molecule has 1 aromatic heterocycles. The van der Waals surface area contributed by atoms with Gasteiger partial charge in [0.2, 0.25) is 5.89 Å². The van der Waals surface area contributed by atoms with Crippen LogP contribution < -0.4 is 4.74 Å². The molecule has 0 saturated carbocycles. The third kappa shape index (κ3) is 5.20. The van der Waals surface area contributed by atoms with Crippen LogP contribution in [0.3, 0.4) is 0 Å². The van der Waals surface area contributed by atoms with Gasteiger partial charge in [0, 0.05) is 5.56 Å². The molecule has 2 aromatic carbocycles. The lowest BCUT2D eigenvalue weighted by atomic mass is 10.0. The van der Waals surface area contributed by atoms with Crippen molar-refractivity contribution in [2.45, 2.75) is 33.1 Å². The van der Waals surface area contributed by atoms with Crippen LogP contribution in [-0.4, -0.2) is 16.1 Å². The molecule has 1 atom stereocenters. The van der Waals surface area contributed by atoms with E-state index in [0.29, 0.717) is 29.2 Å². The average molecular weight is 419 g/mol. The minimum atomic E-state index is -4.40. The van der Waals surface area contributed by atoms with E-state index in [1.54, 1.807) is 38.1 Å². The first-order valence-electron chi connectivity index (χ1n) is 9.22. The fourth-order valence-electron chi connectivity index (χ4n) is 2.80. The number of aromatic nitrogens is 1. The van der Waals surface area contributed by atoms with E-state index in [4.69, 9.17) is 14.3 Å². The molecular formula is C22H20F3NO4. The Morgan fingerprint density at radius 1 is 1.13 bits per heavy atom. The predicted octanol–water partition coefficient (Wildman–Crippen LogP) is 5.51. The van der Waals surface area contributed by atoms with Crippen LogP contribution in [0, 0.1) is 12.8 Å². The van der Waals surface area contributed by atoms with Gasteiger partial charge < -0.3 is 14.3 Å². The first-order valence-corrected chi connectivity index (χ1v) is 9.22. The Morgan fingerprint density at radius 3 is 2.33 bits per heavy atom. The zero-order valence-corrected chi connectivity index (χ0v) is 16.4. The quantitative estimate of drug-likeness (QED) is 0.547. The van der Waals surface area contributed by atoms with Gasteiger partial charge in [-0.3, -0.25) is 4.79 Å². The van der Waals surface area contributed by atoms with Crippen molar-refractivity contribution in [1.29, 1.82) is 0 Å². The van der Waals surface area contributed by atoms with Crippen molar-refractivity contribution in [3.63, 3.8) is 0 Å². The van der Waals surface area contributed by atoms with Gasteiger partial charge in [0.15, 0.2) is 5.76 Å². The summed E-state index contributed by atoms with van der Waals surface area (Å²) in [4.78, 5) is 15.2. The number of aliphatic carboxylic acids is 1. The lowest BCUT2D eigenvalue weighted by Gasteiger charge is -2.08. The Balaban J connectivity index is 1.64. The van der Waals surface area contributed by atoms with E-state index in [2.05, 4.69) is 4.98 Å². The van der Waals surface area contributed by atoms with Crippen LogP contribution in [0.2, 0.25) is 0 Å². The highest BCUT2D eigenvalue weighted by Gasteiger charge is 2.30. The monoisotopic (exact) mass is 419 g/mol. The van der Waals surface area contributed by atoms with Gasteiger partial charge in [0.1, 0.15) is 12.4 Å². The second kappa shape index (κ2) is 8.61. The molecule has 8 heteroatoms. The standard InChI is InChI=1S/C22H20F3NO4/c1-13(21(27)28)11-15-3-9-18(10-4-15)29-12-19-14(2)26-20(30-19)16-5-7-17(8-6-16)22(23,24)25/h3-10,13H,11-12H2,1-2H3,(H,27,28). The predicted molar refractivity (Wildman–Crippen MR) is 103 cm³/mol. The molecule has 0 saturated heterocycles. The Kier molecular flexibility index (Phi) is 6.14.